The summed E-state index contributed by atoms with van der Waals surface area (Å²) in [4.78, 5) is 18.4. The number of benzene rings is 1. The molecule has 0 saturated carbocycles. The molecule has 4 heteroatoms. The van der Waals surface area contributed by atoms with Gasteiger partial charge in [-0.05, 0) is 43.7 Å². The Morgan fingerprint density at radius 2 is 2.04 bits per heavy atom. The molecule has 1 amide bonds. The van der Waals surface area contributed by atoms with Gasteiger partial charge in [0.1, 0.15) is 0 Å². The number of fused-ring (bicyclic) bond motifs is 1. The summed E-state index contributed by atoms with van der Waals surface area (Å²) >= 11 is 0. The summed E-state index contributed by atoms with van der Waals surface area (Å²) in [7, 11) is 0. The molecule has 2 saturated heterocycles. The van der Waals surface area contributed by atoms with E-state index in [-0.39, 0.29) is 5.92 Å². The first kappa shape index (κ1) is 14.8. The van der Waals surface area contributed by atoms with Crippen LogP contribution < -0.4 is 0 Å². The predicted molar refractivity (Wildman–Crippen MR) is 90.3 cm³/mol. The van der Waals surface area contributed by atoms with Gasteiger partial charge in [-0.3, -0.25) is 4.79 Å². The molecule has 2 aromatic rings. The topological polar surface area (TPSA) is 45.3 Å². The van der Waals surface area contributed by atoms with Crippen molar-refractivity contribution in [2.75, 3.05) is 19.8 Å². The number of carbonyl (C=O) groups is 1. The fourth-order valence-electron chi connectivity index (χ4n) is 4.07. The number of H-pyrrole nitrogens is 1. The van der Waals surface area contributed by atoms with E-state index in [4.69, 9.17) is 4.74 Å². The van der Waals surface area contributed by atoms with Gasteiger partial charge in [0.05, 0.1) is 0 Å². The van der Waals surface area contributed by atoms with Gasteiger partial charge in [-0.25, -0.2) is 0 Å². The van der Waals surface area contributed by atoms with Crippen molar-refractivity contribution >= 4 is 16.8 Å². The number of aromatic amines is 1. The fourth-order valence-corrected chi connectivity index (χ4v) is 4.07. The third-order valence-corrected chi connectivity index (χ3v) is 5.36. The maximum absolute atomic E-state index is 12.9. The molecule has 1 atom stereocenters. The summed E-state index contributed by atoms with van der Waals surface area (Å²) in [6, 6.07) is 8.77. The van der Waals surface area contributed by atoms with Crippen molar-refractivity contribution in [3.8, 4) is 0 Å². The highest BCUT2D eigenvalue weighted by molar-refractivity contribution is 5.83. The number of ether oxygens (including phenoxy) is 1. The zero-order valence-electron chi connectivity index (χ0n) is 13.5. The minimum absolute atomic E-state index is 0.173. The van der Waals surface area contributed by atoms with Crippen molar-refractivity contribution in [2.24, 2.45) is 5.92 Å². The molecule has 0 radical (unpaired) electrons. The molecule has 2 aliphatic rings. The number of carbonyl (C=O) groups excluding carboxylic acids is 1. The van der Waals surface area contributed by atoms with E-state index in [0.29, 0.717) is 11.9 Å². The van der Waals surface area contributed by atoms with E-state index in [0.717, 1.165) is 51.9 Å². The second-order valence-corrected chi connectivity index (χ2v) is 6.78. The van der Waals surface area contributed by atoms with Gasteiger partial charge >= 0.3 is 0 Å². The highest BCUT2D eigenvalue weighted by Crippen LogP contribution is 2.28. The van der Waals surface area contributed by atoms with E-state index in [9.17, 15) is 4.79 Å². The molecule has 4 nitrogen and oxygen atoms in total. The molecule has 4 rings (SSSR count). The van der Waals surface area contributed by atoms with Gasteiger partial charge in [-0.15, -0.1) is 0 Å². The fraction of sp³-hybridized carbons (Fsp3) is 0.526. The van der Waals surface area contributed by atoms with Crippen LogP contribution in [0.15, 0.2) is 30.5 Å². The highest BCUT2D eigenvalue weighted by atomic mass is 16.5. The number of likely N-dealkylation sites (tertiary alicyclic amines) is 1. The first-order chi connectivity index (χ1) is 11.3. The SMILES string of the molecule is O=C(C1CCOCC1)N1CCCC1Cc1c[nH]c2ccccc12. The lowest BCUT2D eigenvalue weighted by Crippen LogP contribution is -2.42. The Morgan fingerprint density at radius 1 is 1.22 bits per heavy atom. The van der Waals surface area contributed by atoms with Gasteiger partial charge in [-0.1, -0.05) is 18.2 Å². The molecule has 2 aliphatic heterocycles. The summed E-state index contributed by atoms with van der Waals surface area (Å²) in [6.07, 6.45) is 7.08. The van der Waals surface area contributed by atoms with Crippen molar-refractivity contribution in [1.82, 2.24) is 9.88 Å². The molecule has 1 N–H and O–H groups in total. The summed E-state index contributed by atoms with van der Waals surface area (Å²) in [5.41, 5.74) is 2.51. The third-order valence-electron chi connectivity index (χ3n) is 5.36. The second kappa shape index (κ2) is 6.36. The van der Waals surface area contributed by atoms with E-state index in [1.807, 2.05) is 0 Å². The Bertz CT molecular complexity index is 687. The number of hydrogen-bond donors (Lipinski definition) is 1. The van der Waals surface area contributed by atoms with E-state index >= 15 is 0 Å². The molecular formula is C19H24N2O2. The lowest BCUT2D eigenvalue weighted by Gasteiger charge is -2.30. The molecule has 1 aromatic heterocycles. The number of hydrogen-bond acceptors (Lipinski definition) is 2. The molecule has 122 valence electrons. The molecule has 2 fully saturated rings. The highest BCUT2D eigenvalue weighted by Gasteiger charge is 2.34. The maximum Gasteiger partial charge on any atom is 0.226 e. The molecule has 1 aromatic carbocycles. The number of aromatic nitrogens is 1. The molecule has 1 unspecified atom stereocenters. The van der Waals surface area contributed by atoms with Crippen molar-refractivity contribution in [2.45, 2.75) is 38.1 Å². The van der Waals surface area contributed by atoms with Crippen LogP contribution in [-0.2, 0) is 16.0 Å². The van der Waals surface area contributed by atoms with Crippen molar-refractivity contribution in [3.63, 3.8) is 0 Å². The summed E-state index contributed by atoms with van der Waals surface area (Å²) < 4.78 is 5.40. The van der Waals surface area contributed by atoms with E-state index in [2.05, 4.69) is 40.3 Å². The Morgan fingerprint density at radius 3 is 2.91 bits per heavy atom. The minimum atomic E-state index is 0.173. The van der Waals surface area contributed by atoms with E-state index in [1.165, 1.54) is 16.5 Å². The second-order valence-electron chi connectivity index (χ2n) is 6.78. The Labute approximate surface area is 136 Å². The molecule has 0 spiro atoms. The lowest BCUT2D eigenvalue weighted by molar-refractivity contribution is -0.139. The average molecular weight is 312 g/mol. The predicted octanol–water partition coefficient (Wildman–Crippen LogP) is 3.13. The van der Waals surface area contributed by atoms with Gasteiger partial charge in [0, 0.05) is 48.8 Å². The van der Waals surface area contributed by atoms with Crippen LogP contribution in [0.1, 0.15) is 31.2 Å². The van der Waals surface area contributed by atoms with Crippen molar-refractivity contribution < 1.29 is 9.53 Å². The zero-order chi connectivity index (χ0) is 15.6. The van der Waals surface area contributed by atoms with Crippen molar-refractivity contribution in [1.29, 1.82) is 0 Å². The third kappa shape index (κ3) is 2.88. The van der Waals surface area contributed by atoms with Crippen LogP contribution in [0.4, 0.5) is 0 Å². The first-order valence-corrected chi connectivity index (χ1v) is 8.76. The minimum Gasteiger partial charge on any atom is -0.381 e. The van der Waals surface area contributed by atoms with Crippen LogP contribution in [0.2, 0.25) is 0 Å². The van der Waals surface area contributed by atoms with Crippen LogP contribution >= 0.6 is 0 Å². The number of rotatable bonds is 3. The Kier molecular flexibility index (Phi) is 4.08. The largest absolute Gasteiger partial charge is 0.381 e. The monoisotopic (exact) mass is 312 g/mol. The quantitative estimate of drug-likeness (QED) is 0.946. The average Bonchev–Trinajstić information content (AvgIpc) is 3.23. The molecule has 23 heavy (non-hydrogen) atoms. The maximum atomic E-state index is 12.9. The lowest BCUT2D eigenvalue weighted by atomic mass is 9.97. The van der Waals surface area contributed by atoms with E-state index < -0.39 is 0 Å². The molecule has 0 aliphatic carbocycles. The number of nitrogens with zero attached hydrogens (tertiary/aromatic N) is 1. The Hall–Kier alpha value is -1.81. The van der Waals surface area contributed by atoms with Gasteiger partial charge in [0.15, 0.2) is 0 Å². The van der Waals surface area contributed by atoms with Crippen LogP contribution in [0.3, 0.4) is 0 Å². The first-order valence-electron chi connectivity index (χ1n) is 8.76. The summed E-state index contributed by atoms with van der Waals surface area (Å²) in [5, 5.41) is 1.29. The summed E-state index contributed by atoms with van der Waals surface area (Å²) in [6.45, 7) is 2.39. The number of para-hydroxylation sites is 1. The molecular weight excluding hydrogens is 288 g/mol. The van der Waals surface area contributed by atoms with Crippen molar-refractivity contribution in [3.05, 3.63) is 36.0 Å². The van der Waals surface area contributed by atoms with Gasteiger partial charge in [0.2, 0.25) is 5.91 Å². The molecule has 3 heterocycles. The van der Waals surface area contributed by atoms with Gasteiger partial charge in [-0.2, -0.15) is 0 Å². The normalized spacial score (nSPS) is 22.8. The van der Waals surface area contributed by atoms with E-state index in [1.54, 1.807) is 0 Å². The standard InChI is InChI=1S/C19H24N2O2/c22-19(14-7-10-23-11-8-14)21-9-3-4-16(21)12-15-13-20-18-6-2-1-5-17(15)18/h1-2,5-6,13-14,16,20H,3-4,7-12H2. The van der Waals surface area contributed by atoms with Crippen LogP contribution in [0.25, 0.3) is 10.9 Å². The van der Waals surface area contributed by atoms with Crippen LogP contribution in [-0.4, -0.2) is 41.6 Å². The smallest absolute Gasteiger partial charge is 0.226 e. The van der Waals surface area contributed by atoms with Crippen LogP contribution in [0, 0.1) is 5.92 Å². The van der Waals surface area contributed by atoms with Gasteiger partial charge in [0.25, 0.3) is 0 Å². The van der Waals surface area contributed by atoms with Gasteiger partial charge < -0.3 is 14.6 Å². The van der Waals surface area contributed by atoms with Crippen LogP contribution in [0.5, 0.6) is 0 Å². The molecule has 0 bridgehead atoms. The summed E-state index contributed by atoms with van der Waals surface area (Å²) in [5.74, 6) is 0.531. The number of amides is 1. The zero-order valence-corrected chi connectivity index (χ0v) is 13.5. The Balaban J connectivity index is 1.50. The number of nitrogens with one attached hydrogen (secondary N) is 1.